The third-order valence-electron chi connectivity index (χ3n) is 2.49. The lowest BCUT2D eigenvalue weighted by Gasteiger charge is -2.28. The summed E-state index contributed by atoms with van der Waals surface area (Å²) < 4.78 is 10.9. The Hall–Kier alpha value is -1.27. The molecule has 0 radical (unpaired) electrons. The molecular formula is C13H18O4SSi. The molecule has 0 aliphatic heterocycles. The fourth-order valence-corrected chi connectivity index (χ4v) is 5.35. The molecule has 0 atom stereocenters. The number of hydrogen-bond acceptors (Lipinski definition) is 5. The summed E-state index contributed by atoms with van der Waals surface area (Å²) in [5, 5.41) is 0.780. The molecule has 0 saturated carbocycles. The summed E-state index contributed by atoms with van der Waals surface area (Å²) in [6, 6.07) is 9.71. The predicted molar refractivity (Wildman–Crippen MR) is 78.6 cm³/mol. The standard InChI is InChI=1S/C13H18O4SSi/c1-11(14)16-19(10-6-9-18,17-12(2)15)13-7-4-3-5-8-13/h3-5,7-8,18H,6,9-10H2,1-2H3. The molecule has 0 fully saturated rings. The lowest BCUT2D eigenvalue weighted by atomic mass is 10.4. The summed E-state index contributed by atoms with van der Waals surface area (Å²) in [4.78, 5) is 22.8. The van der Waals surface area contributed by atoms with Gasteiger partial charge in [0.2, 0.25) is 0 Å². The summed E-state index contributed by atoms with van der Waals surface area (Å²) in [7, 11) is -3.07. The van der Waals surface area contributed by atoms with Gasteiger partial charge in [0, 0.05) is 25.1 Å². The number of hydrogen-bond donors (Lipinski definition) is 1. The van der Waals surface area contributed by atoms with E-state index in [0.717, 1.165) is 5.19 Å². The van der Waals surface area contributed by atoms with E-state index >= 15 is 0 Å². The Morgan fingerprint density at radius 2 is 1.63 bits per heavy atom. The van der Waals surface area contributed by atoms with Crippen LogP contribution in [-0.4, -0.2) is 26.3 Å². The van der Waals surface area contributed by atoms with Crippen LogP contribution in [0.3, 0.4) is 0 Å². The summed E-state index contributed by atoms with van der Waals surface area (Å²) >= 11 is 4.17. The van der Waals surface area contributed by atoms with Gasteiger partial charge in [-0.15, -0.1) is 0 Å². The largest absolute Gasteiger partial charge is 0.499 e. The van der Waals surface area contributed by atoms with Gasteiger partial charge >= 0.3 is 8.56 Å². The quantitative estimate of drug-likeness (QED) is 0.642. The van der Waals surface area contributed by atoms with Crippen molar-refractivity contribution in [1.29, 1.82) is 0 Å². The Labute approximate surface area is 119 Å². The van der Waals surface area contributed by atoms with E-state index in [0.29, 0.717) is 18.2 Å². The van der Waals surface area contributed by atoms with Crippen molar-refractivity contribution in [3.63, 3.8) is 0 Å². The molecule has 0 aliphatic carbocycles. The Balaban J connectivity index is 3.16. The molecular weight excluding hydrogens is 280 g/mol. The van der Waals surface area contributed by atoms with E-state index in [-0.39, 0.29) is 0 Å². The lowest BCUT2D eigenvalue weighted by molar-refractivity contribution is -0.138. The van der Waals surface area contributed by atoms with Gasteiger partial charge < -0.3 is 8.85 Å². The van der Waals surface area contributed by atoms with Gasteiger partial charge in [0.05, 0.1) is 0 Å². The van der Waals surface area contributed by atoms with Crippen molar-refractivity contribution in [2.24, 2.45) is 0 Å². The fraction of sp³-hybridized carbons (Fsp3) is 0.385. The molecule has 19 heavy (non-hydrogen) atoms. The van der Waals surface area contributed by atoms with Gasteiger partial charge in [-0.3, -0.25) is 9.59 Å². The van der Waals surface area contributed by atoms with Crippen LogP contribution in [0.5, 0.6) is 0 Å². The normalized spacial score (nSPS) is 10.9. The molecule has 0 amide bonds. The van der Waals surface area contributed by atoms with Gasteiger partial charge in [-0.25, -0.2) is 0 Å². The van der Waals surface area contributed by atoms with Crippen LogP contribution >= 0.6 is 12.6 Å². The van der Waals surface area contributed by atoms with E-state index in [9.17, 15) is 9.59 Å². The van der Waals surface area contributed by atoms with Crippen LogP contribution in [0.15, 0.2) is 30.3 Å². The van der Waals surface area contributed by atoms with Crippen LogP contribution in [-0.2, 0) is 18.4 Å². The second-order valence-electron chi connectivity index (χ2n) is 4.13. The first-order valence-electron chi connectivity index (χ1n) is 6.06. The molecule has 0 aliphatic rings. The maximum Gasteiger partial charge on any atom is 0.499 e. The van der Waals surface area contributed by atoms with Gasteiger partial charge in [0.25, 0.3) is 11.9 Å². The fourth-order valence-electron chi connectivity index (χ4n) is 1.85. The number of benzene rings is 1. The Bertz CT molecular complexity index is 420. The molecule has 1 aromatic rings. The lowest BCUT2D eigenvalue weighted by Crippen LogP contribution is -2.55. The van der Waals surface area contributed by atoms with Gasteiger partial charge in [-0.2, -0.15) is 12.6 Å². The highest BCUT2D eigenvalue weighted by molar-refractivity contribution is 7.80. The van der Waals surface area contributed by atoms with E-state index < -0.39 is 20.5 Å². The molecule has 0 heterocycles. The van der Waals surface area contributed by atoms with Crippen LogP contribution in [0.2, 0.25) is 6.04 Å². The highest BCUT2D eigenvalue weighted by Crippen LogP contribution is 2.18. The zero-order valence-electron chi connectivity index (χ0n) is 11.1. The molecule has 104 valence electrons. The molecule has 0 bridgehead atoms. The van der Waals surface area contributed by atoms with Crippen molar-refractivity contribution >= 4 is 38.3 Å². The molecule has 0 saturated heterocycles. The van der Waals surface area contributed by atoms with Crippen molar-refractivity contribution in [2.45, 2.75) is 26.3 Å². The van der Waals surface area contributed by atoms with Crippen LogP contribution < -0.4 is 5.19 Å². The maximum absolute atomic E-state index is 11.4. The van der Waals surface area contributed by atoms with Crippen molar-refractivity contribution in [2.75, 3.05) is 5.75 Å². The average Bonchev–Trinajstić information content (AvgIpc) is 2.35. The molecule has 0 N–H and O–H groups in total. The van der Waals surface area contributed by atoms with Crippen LogP contribution in [0, 0.1) is 0 Å². The van der Waals surface area contributed by atoms with Crippen molar-refractivity contribution in [3.05, 3.63) is 30.3 Å². The minimum atomic E-state index is -3.07. The summed E-state index contributed by atoms with van der Waals surface area (Å²) in [5.74, 6) is -0.226. The maximum atomic E-state index is 11.4. The number of carbonyl (C=O) groups excluding carboxylic acids is 2. The molecule has 0 spiro atoms. The van der Waals surface area contributed by atoms with Crippen molar-refractivity contribution in [1.82, 2.24) is 0 Å². The predicted octanol–water partition coefficient (Wildman–Crippen LogP) is 1.78. The van der Waals surface area contributed by atoms with E-state index in [1.807, 2.05) is 30.3 Å². The first-order chi connectivity index (χ1) is 9.00. The SMILES string of the molecule is CC(=O)O[Si](CCCS)(OC(C)=O)c1ccccc1. The van der Waals surface area contributed by atoms with Gasteiger partial charge in [-0.05, 0) is 12.2 Å². The van der Waals surface area contributed by atoms with E-state index in [1.165, 1.54) is 13.8 Å². The molecule has 1 rings (SSSR count). The summed E-state index contributed by atoms with van der Waals surface area (Å²) in [6.45, 7) is 2.66. The Morgan fingerprint density at radius 3 is 2.05 bits per heavy atom. The molecule has 0 aromatic heterocycles. The van der Waals surface area contributed by atoms with Crippen molar-refractivity contribution < 1.29 is 18.4 Å². The molecule has 4 nitrogen and oxygen atoms in total. The van der Waals surface area contributed by atoms with Gasteiger partial charge in [-0.1, -0.05) is 30.3 Å². The first-order valence-corrected chi connectivity index (χ1v) is 8.71. The zero-order valence-corrected chi connectivity index (χ0v) is 13.0. The minimum absolute atomic E-state index is 0.434. The van der Waals surface area contributed by atoms with E-state index in [1.54, 1.807) is 0 Å². The minimum Gasteiger partial charge on any atom is -0.482 e. The van der Waals surface area contributed by atoms with Crippen LogP contribution in [0.1, 0.15) is 20.3 Å². The zero-order chi connectivity index (χ0) is 14.3. The van der Waals surface area contributed by atoms with E-state index in [4.69, 9.17) is 8.85 Å². The summed E-state index contributed by atoms with van der Waals surface area (Å²) in [5.41, 5.74) is 0. The Kier molecular flexibility index (Phi) is 6.10. The highest BCUT2D eigenvalue weighted by Gasteiger charge is 2.45. The molecule has 6 heteroatoms. The first kappa shape index (κ1) is 15.8. The molecule has 1 aromatic carbocycles. The number of carbonyl (C=O) groups is 2. The number of thiol groups is 1. The second-order valence-corrected chi connectivity index (χ2v) is 7.57. The highest BCUT2D eigenvalue weighted by atomic mass is 32.1. The van der Waals surface area contributed by atoms with Crippen LogP contribution in [0.4, 0.5) is 0 Å². The van der Waals surface area contributed by atoms with Crippen LogP contribution in [0.25, 0.3) is 0 Å². The molecule has 0 unspecified atom stereocenters. The van der Waals surface area contributed by atoms with Crippen molar-refractivity contribution in [3.8, 4) is 0 Å². The third-order valence-corrected chi connectivity index (χ3v) is 6.27. The van der Waals surface area contributed by atoms with Gasteiger partial charge in [0.1, 0.15) is 0 Å². The Morgan fingerprint density at radius 1 is 1.11 bits per heavy atom. The topological polar surface area (TPSA) is 52.6 Å². The third kappa shape index (κ3) is 4.72. The second kappa shape index (κ2) is 7.35. The average molecular weight is 298 g/mol. The van der Waals surface area contributed by atoms with Gasteiger partial charge in [0.15, 0.2) is 0 Å². The summed E-state index contributed by atoms with van der Waals surface area (Å²) in [6.07, 6.45) is 0.713. The monoisotopic (exact) mass is 298 g/mol. The smallest absolute Gasteiger partial charge is 0.482 e. The van der Waals surface area contributed by atoms with E-state index in [2.05, 4.69) is 12.6 Å². The number of rotatable bonds is 6.